The maximum atomic E-state index is 11.4. The summed E-state index contributed by atoms with van der Waals surface area (Å²) in [6.45, 7) is 6.38. The van der Waals surface area contributed by atoms with E-state index in [0.29, 0.717) is 29.5 Å². The highest BCUT2D eigenvalue weighted by atomic mass is 16.5. The fourth-order valence-corrected chi connectivity index (χ4v) is 4.42. The molecule has 4 rings (SSSR count). The number of furan rings is 1. The number of ether oxygens (including phenoxy) is 1. The molecule has 1 aliphatic heterocycles. The molecule has 1 aromatic heterocycles. The van der Waals surface area contributed by atoms with Gasteiger partial charge in [0, 0.05) is 24.7 Å². The molecule has 2 N–H and O–H groups in total. The highest BCUT2D eigenvalue weighted by Gasteiger charge is 2.22. The van der Waals surface area contributed by atoms with Crippen molar-refractivity contribution < 1.29 is 19.1 Å². The first-order valence-electron chi connectivity index (χ1n) is 11.0. The van der Waals surface area contributed by atoms with Crippen LogP contribution < -0.4 is 10.1 Å². The molecule has 3 aromatic rings. The van der Waals surface area contributed by atoms with Crippen molar-refractivity contribution in [2.24, 2.45) is 0 Å². The summed E-state index contributed by atoms with van der Waals surface area (Å²) in [5.74, 6) is -0.396. The predicted molar refractivity (Wildman–Crippen MR) is 121 cm³/mol. The lowest BCUT2D eigenvalue weighted by molar-refractivity contribution is 0.0664. The number of fused-ring (bicyclic) bond motifs is 1. The molecule has 31 heavy (non-hydrogen) atoms. The summed E-state index contributed by atoms with van der Waals surface area (Å²) in [5, 5.41) is 13.5. The number of carboxylic acid groups (broad SMARTS) is 1. The molecule has 0 unspecified atom stereocenters. The molecule has 1 aliphatic rings. The SMILES string of the molecule is Cc1c(C(=O)O)oc2cccc(OCCCN(Cc3ccccc3)C3CCNCC3)c12. The number of benzene rings is 2. The van der Waals surface area contributed by atoms with Crippen LogP contribution in [0.4, 0.5) is 0 Å². The molecule has 0 saturated carbocycles. The minimum Gasteiger partial charge on any atom is -0.493 e. The average molecular weight is 423 g/mol. The van der Waals surface area contributed by atoms with Crippen molar-refractivity contribution in [1.29, 1.82) is 0 Å². The first-order valence-corrected chi connectivity index (χ1v) is 11.0. The fourth-order valence-electron chi connectivity index (χ4n) is 4.42. The molecule has 1 fully saturated rings. The van der Waals surface area contributed by atoms with Crippen LogP contribution in [-0.4, -0.2) is 48.3 Å². The Morgan fingerprint density at radius 1 is 1.16 bits per heavy atom. The van der Waals surface area contributed by atoms with Crippen LogP contribution in [0.15, 0.2) is 52.9 Å². The van der Waals surface area contributed by atoms with Crippen molar-refractivity contribution in [2.45, 2.75) is 38.8 Å². The number of nitrogens with zero attached hydrogens (tertiary/aromatic N) is 1. The Kier molecular flexibility index (Phi) is 6.89. The van der Waals surface area contributed by atoms with Gasteiger partial charge in [0.2, 0.25) is 5.76 Å². The second-order valence-electron chi connectivity index (χ2n) is 8.13. The van der Waals surface area contributed by atoms with E-state index in [1.807, 2.05) is 12.1 Å². The highest BCUT2D eigenvalue weighted by Crippen LogP contribution is 2.33. The van der Waals surface area contributed by atoms with Crippen molar-refractivity contribution >= 4 is 16.9 Å². The zero-order valence-corrected chi connectivity index (χ0v) is 18.0. The molecular weight excluding hydrogens is 392 g/mol. The van der Waals surface area contributed by atoms with Gasteiger partial charge in [-0.3, -0.25) is 4.90 Å². The number of nitrogens with one attached hydrogen (secondary N) is 1. The van der Waals surface area contributed by atoms with Gasteiger partial charge in [0.05, 0.1) is 12.0 Å². The molecule has 0 spiro atoms. The fraction of sp³-hybridized carbons (Fsp3) is 0.400. The Morgan fingerprint density at radius 3 is 2.68 bits per heavy atom. The highest BCUT2D eigenvalue weighted by molar-refractivity contribution is 5.97. The summed E-state index contributed by atoms with van der Waals surface area (Å²) in [6, 6.07) is 16.7. The Morgan fingerprint density at radius 2 is 1.94 bits per heavy atom. The van der Waals surface area contributed by atoms with Gasteiger partial charge in [-0.1, -0.05) is 36.4 Å². The van der Waals surface area contributed by atoms with E-state index in [1.165, 1.54) is 18.4 Å². The molecule has 2 heterocycles. The lowest BCUT2D eigenvalue weighted by Crippen LogP contribution is -2.43. The molecule has 0 radical (unpaired) electrons. The maximum absolute atomic E-state index is 11.4. The van der Waals surface area contributed by atoms with E-state index in [0.717, 1.165) is 38.0 Å². The first kappa shape index (κ1) is 21.4. The summed E-state index contributed by atoms with van der Waals surface area (Å²) in [6.07, 6.45) is 3.23. The zero-order chi connectivity index (χ0) is 21.6. The van der Waals surface area contributed by atoms with Crippen LogP contribution in [0.5, 0.6) is 5.75 Å². The van der Waals surface area contributed by atoms with Crippen molar-refractivity contribution in [3.05, 3.63) is 65.4 Å². The van der Waals surface area contributed by atoms with Gasteiger partial charge in [-0.25, -0.2) is 4.79 Å². The van der Waals surface area contributed by atoms with Gasteiger partial charge in [-0.05, 0) is 57.0 Å². The van der Waals surface area contributed by atoms with Gasteiger partial charge in [0.25, 0.3) is 0 Å². The van der Waals surface area contributed by atoms with Crippen molar-refractivity contribution in [3.8, 4) is 5.75 Å². The zero-order valence-electron chi connectivity index (χ0n) is 18.0. The van der Waals surface area contributed by atoms with Gasteiger partial charge < -0.3 is 19.6 Å². The van der Waals surface area contributed by atoms with E-state index in [9.17, 15) is 9.90 Å². The molecule has 1 saturated heterocycles. The number of carbonyl (C=O) groups is 1. The average Bonchev–Trinajstić information content (AvgIpc) is 3.15. The van der Waals surface area contributed by atoms with Crippen LogP contribution in [0.25, 0.3) is 11.0 Å². The van der Waals surface area contributed by atoms with Gasteiger partial charge >= 0.3 is 5.97 Å². The summed E-state index contributed by atoms with van der Waals surface area (Å²) in [4.78, 5) is 14.0. The first-order chi connectivity index (χ1) is 15.1. The number of aryl methyl sites for hydroxylation is 1. The van der Waals surface area contributed by atoms with Gasteiger partial charge in [-0.15, -0.1) is 0 Å². The van der Waals surface area contributed by atoms with Crippen molar-refractivity contribution in [1.82, 2.24) is 10.2 Å². The topological polar surface area (TPSA) is 74.9 Å². The second kappa shape index (κ2) is 9.98. The Labute approximate surface area is 182 Å². The number of hydrogen-bond donors (Lipinski definition) is 2. The van der Waals surface area contributed by atoms with Crippen LogP contribution in [0.3, 0.4) is 0 Å². The molecule has 2 aromatic carbocycles. The van der Waals surface area contributed by atoms with Crippen LogP contribution in [0, 0.1) is 6.92 Å². The van der Waals surface area contributed by atoms with Crippen LogP contribution in [-0.2, 0) is 6.54 Å². The minimum absolute atomic E-state index is 0.0222. The van der Waals surface area contributed by atoms with Crippen molar-refractivity contribution in [2.75, 3.05) is 26.2 Å². The van der Waals surface area contributed by atoms with Crippen molar-refractivity contribution in [3.63, 3.8) is 0 Å². The smallest absolute Gasteiger partial charge is 0.372 e. The Bertz CT molecular complexity index is 1010. The van der Waals surface area contributed by atoms with E-state index in [2.05, 4.69) is 40.5 Å². The molecule has 6 nitrogen and oxygen atoms in total. The number of carboxylic acids is 1. The van der Waals surface area contributed by atoms with E-state index in [4.69, 9.17) is 9.15 Å². The van der Waals surface area contributed by atoms with E-state index in [1.54, 1.807) is 13.0 Å². The maximum Gasteiger partial charge on any atom is 0.372 e. The van der Waals surface area contributed by atoms with E-state index in [-0.39, 0.29) is 5.76 Å². The van der Waals surface area contributed by atoms with Crippen LogP contribution >= 0.6 is 0 Å². The largest absolute Gasteiger partial charge is 0.493 e. The van der Waals surface area contributed by atoms with E-state index >= 15 is 0 Å². The lowest BCUT2D eigenvalue weighted by atomic mass is 10.0. The number of aromatic carboxylic acids is 1. The molecular formula is C25H30N2O4. The minimum atomic E-state index is -1.06. The third-order valence-corrected chi connectivity index (χ3v) is 6.01. The third kappa shape index (κ3) is 5.09. The Hall–Kier alpha value is -2.83. The molecule has 0 bridgehead atoms. The summed E-state index contributed by atoms with van der Waals surface area (Å²) in [5.41, 5.74) is 2.49. The summed E-state index contributed by atoms with van der Waals surface area (Å²) >= 11 is 0. The van der Waals surface area contributed by atoms with Crippen LogP contribution in [0.1, 0.15) is 40.9 Å². The molecule has 0 aliphatic carbocycles. The monoisotopic (exact) mass is 422 g/mol. The summed E-state index contributed by atoms with van der Waals surface area (Å²) in [7, 11) is 0. The normalized spacial score (nSPS) is 14.9. The quantitative estimate of drug-likeness (QED) is 0.496. The molecule has 6 heteroatoms. The third-order valence-electron chi connectivity index (χ3n) is 6.01. The molecule has 164 valence electrons. The Balaban J connectivity index is 1.40. The second-order valence-corrected chi connectivity index (χ2v) is 8.13. The predicted octanol–water partition coefficient (Wildman–Crippen LogP) is 4.46. The molecule has 0 amide bonds. The molecule has 0 atom stereocenters. The van der Waals surface area contributed by atoms with Crippen LogP contribution in [0.2, 0.25) is 0 Å². The number of rotatable bonds is 9. The summed E-state index contributed by atoms with van der Waals surface area (Å²) < 4.78 is 11.6. The standard InChI is InChI=1S/C25H30N2O4/c1-18-23-21(9-5-10-22(23)31-24(18)25(28)29)30-16-6-15-27(20-11-13-26-14-12-20)17-19-7-3-2-4-8-19/h2-5,7-10,20,26H,6,11-17H2,1H3,(H,28,29). The number of hydrogen-bond acceptors (Lipinski definition) is 5. The number of piperidine rings is 1. The lowest BCUT2D eigenvalue weighted by Gasteiger charge is -2.34. The van der Waals surface area contributed by atoms with Gasteiger partial charge in [-0.2, -0.15) is 0 Å². The van der Waals surface area contributed by atoms with E-state index < -0.39 is 5.97 Å². The van der Waals surface area contributed by atoms with Gasteiger partial charge in [0.15, 0.2) is 0 Å². The van der Waals surface area contributed by atoms with Gasteiger partial charge in [0.1, 0.15) is 11.3 Å².